The van der Waals surface area contributed by atoms with Crippen LogP contribution in [0.3, 0.4) is 0 Å². The summed E-state index contributed by atoms with van der Waals surface area (Å²) in [4.78, 5) is 1.19. The molecular weight excluding hydrogens is 320 g/mol. The van der Waals surface area contributed by atoms with Gasteiger partial charge in [-0.05, 0) is 43.0 Å². The Morgan fingerprint density at radius 3 is 2.29 bits per heavy atom. The third kappa shape index (κ3) is 3.73. The van der Waals surface area contributed by atoms with Crippen molar-refractivity contribution in [1.29, 1.82) is 0 Å². The number of aryl methyl sites for hydroxylation is 2. The molecule has 5 heteroatoms. The molecule has 3 rings (SSSR count). The van der Waals surface area contributed by atoms with Crippen molar-refractivity contribution in [3.63, 3.8) is 0 Å². The average molecular weight is 342 g/mol. The summed E-state index contributed by atoms with van der Waals surface area (Å²) in [7, 11) is 0. The minimum atomic E-state index is 0.172. The zero-order chi connectivity index (χ0) is 17.3. The first-order valence-electron chi connectivity index (χ1n) is 7.96. The van der Waals surface area contributed by atoms with Crippen LogP contribution in [0.2, 0.25) is 0 Å². The van der Waals surface area contributed by atoms with Gasteiger partial charge in [-0.3, -0.25) is 0 Å². The van der Waals surface area contributed by atoms with Crippen LogP contribution in [0.1, 0.15) is 43.7 Å². The molecule has 0 atom stereocenters. The van der Waals surface area contributed by atoms with Crippen LogP contribution in [0.15, 0.2) is 44.1 Å². The summed E-state index contributed by atoms with van der Waals surface area (Å²) in [5.74, 6) is 3.43. The number of nitrogens with zero attached hydrogens (tertiary/aromatic N) is 2. The summed E-state index contributed by atoms with van der Waals surface area (Å²) in [6, 6.07) is 10.6. The van der Waals surface area contributed by atoms with Crippen LogP contribution < -0.4 is 0 Å². The molecule has 0 fully saturated rings. The summed E-state index contributed by atoms with van der Waals surface area (Å²) in [6.45, 7) is 10.5. The van der Waals surface area contributed by atoms with Crippen LogP contribution >= 0.6 is 11.8 Å². The monoisotopic (exact) mass is 342 g/mol. The number of benzene rings is 1. The van der Waals surface area contributed by atoms with Gasteiger partial charge in [-0.15, -0.1) is 22.0 Å². The average Bonchev–Trinajstić information content (AvgIpc) is 3.11. The van der Waals surface area contributed by atoms with Crippen molar-refractivity contribution in [1.82, 2.24) is 10.2 Å². The van der Waals surface area contributed by atoms with Crippen molar-refractivity contribution in [3.05, 3.63) is 53.3 Å². The first-order chi connectivity index (χ1) is 11.3. The number of hydrogen-bond donors (Lipinski definition) is 0. The van der Waals surface area contributed by atoms with Crippen LogP contribution in [0.5, 0.6) is 0 Å². The normalized spacial score (nSPS) is 11.9. The van der Waals surface area contributed by atoms with E-state index in [9.17, 15) is 0 Å². The molecule has 0 bridgehead atoms. The molecule has 0 saturated heterocycles. The van der Waals surface area contributed by atoms with Gasteiger partial charge >= 0.3 is 0 Å². The third-order valence-electron chi connectivity index (χ3n) is 3.82. The largest absolute Gasteiger partial charge is 0.466 e. The number of thioether (sulfide) groups is 1. The summed E-state index contributed by atoms with van der Waals surface area (Å²) < 4.78 is 11.3. The molecule has 126 valence electrons. The number of hydrogen-bond acceptors (Lipinski definition) is 5. The second kappa shape index (κ2) is 6.48. The Morgan fingerprint density at radius 2 is 1.71 bits per heavy atom. The van der Waals surface area contributed by atoms with Gasteiger partial charge in [0, 0.05) is 4.90 Å². The molecule has 0 amide bonds. The fourth-order valence-corrected chi connectivity index (χ4v) is 3.20. The van der Waals surface area contributed by atoms with Gasteiger partial charge < -0.3 is 8.83 Å². The highest BCUT2D eigenvalue weighted by molar-refractivity contribution is 7.98. The predicted octanol–water partition coefficient (Wildman–Crippen LogP) is 5.54. The maximum atomic E-state index is 5.76. The number of aromatic nitrogens is 2. The van der Waals surface area contributed by atoms with E-state index in [0.29, 0.717) is 17.5 Å². The fraction of sp³-hybridized carbons (Fsp3) is 0.368. The zero-order valence-corrected chi connectivity index (χ0v) is 15.5. The lowest BCUT2D eigenvalue weighted by molar-refractivity contribution is 0.499. The molecule has 1 aromatic carbocycles. The Balaban J connectivity index is 1.66. The molecule has 0 aliphatic heterocycles. The van der Waals surface area contributed by atoms with Gasteiger partial charge in [-0.1, -0.05) is 32.9 Å². The van der Waals surface area contributed by atoms with Crippen LogP contribution in [-0.2, 0) is 11.2 Å². The Labute approximate surface area is 146 Å². The second-order valence-electron chi connectivity index (χ2n) is 6.89. The molecule has 3 aromatic rings. The molecule has 0 aliphatic rings. The smallest absolute Gasteiger partial charge is 0.251 e. The van der Waals surface area contributed by atoms with E-state index in [2.05, 4.69) is 55.2 Å². The lowest BCUT2D eigenvalue weighted by atomic mass is 9.87. The van der Waals surface area contributed by atoms with Crippen LogP contribution in [0, 0.1) is 13.8 Å². The molecule has 2 aromatic heterocycles. The molecule has 0 radical (unpaired) electrons. The minimum absolute atomic E-state index is 0.172. The molecule has 2 heterocycles. The standard InChI is InChI=1S/C19H22N2O2S/c1-12-10-16(13(2)22-12)18-21-20-17(23-18)11-24-15-8-6-14(7-9-15)19(3,4)5/h6-10H,11H2,1-5H3. The van der Waals surface area contributed by atoms with Crippen molar-refractivity contribution in [2.24, 2.45) is 0 Å². The molecule has 24 heavy (non-hydrogen) atoms. The van der Waals surface area contributed by atoms with E-state index in [4.69, 9.17) is 8.83 Å². The highest BCUT2D eigenvalue weighted by Crippen LogP contribution is 2.29. The van der Waals surface area contributed by atoms with Gasteiger partial charge in [0.05, 0.1) is 11.3 Å². The third-order valence-corrected chi connectivity index (χ3v) is 4.82. The van der Waals surface area contributed by atoms with E-state index in [0.717, 1.165) is 17.1 Å². The summed E-state index contributed by atoms with van der Waals surface area (Å²) in [5.41, 5.74) is 2.37. The summed E-state index contributed by atoms with van der Waals surface area (Å²) in [5, 5.41) is 8.26. The van der Waals surface area contributed by atoms with Crippen LogP contribution in [-0.4, -0.2) is 10.2 Å². The van der Waals surface area contributed by atoms with Crippen molar-refractivity contribution >= 4 is 11.8 Å². The maximum Gasteiger partial charge on any atom is 0.251 e. The lowest BCUT2D eigenvalue weighted by Crippen LogP contribution is -2.10. The van der Waals surface area contributed by atoms with Gasteiger partial charge in [0.25, 0.3) is 5.89 Å². The Morgan fingerprint density at radius 1 is 1.00 bits per heavy atom. The lowest BCUT2D eigenvalue weighted by Gasteiger charge is -2.18. The second-order valence-corrected chi connectivity index (χ2v) is 7.94. The first kappa shape index (κ1) is 16.8. The summed E-state index contributed by atoms with van der Waals surface area (Å²) >= 11 is 1.69. The number of rotatable bonds is 4. The quantitative estimate of drug-likeness (QED) is 0.583. The highest BCUT2D eigenvalue weighted by atomic mass is 32.2. The SMILES string of the molecule is Cc1cc(-c2nnc(CSc3ccc(C(C)(C)C)cc3)o2)c(C)o1. The fourth-order valence-electron chi connectivity index (χ4n) is 2.46. The molecule has 4 nitrogen and oxygen atoms in total. The Bertz CT molecular complexity index is 826. The Kier molecular flexibility index (Phi) is 4.54. The molecule has 0 unspecified atom stereocenters. The van der Waals surface area contributed by atoms with E-state index in [1.165, 1.54) is 10.5 Å². The molecule has 0 spiro atoms. The molecule has 0 aliphatic carbocycles. The zero-order valence-electron chi connectivity index (χ0n) is 14.7. The van der Waals surface area contributed by atoms with Crippen LogP contribution in [0.25, 0.3) is 11.5 Å². The molecular formula is C19H22N2O2S. The van der Waals surface area contributed by atoms with Gasteiger partial charge in [-0.2, -0.15) is 0 Å². The molecule has 0 N–H and O–H groups in total. The highest BCUT2D eigenvalue weighted by Gasteiger charge is 2.15. The first-order valence-corrected chi connectivity index (χ1v) is 8.94. The van der Waals surface area contributed by atoms with E-state index in [1.54, 1.807) is 11.8 Å². The van der Waals surface area contributed by atoms with Crippen molar-refractivity contribution in [2.75, 3.05) is 0 Å². The Hall–Kier alpha value is -2.01. The van der Waals surface area contributed by atoms with Gasteiger partial charge in [0.2, 0.25) is 5.89 Å². The summed E-state index contributed by atoms with van der Waals surface area (Å²) in [6.07, 6.45) is 0. The van der Waals surface area contributed by atoms with Crippen molar-refractivity contribution < 1.29 is 8.83 Å². The van der Waals surface area contributed by atoms with Gasteiger partial charge in [0.1, 0.15) is 11.5 Å². The number of furan rings is 1. The van der Waals surface area contributed by atoms with E-state index < -0.39 is 0 Å². The predicted molar refractivity (Wildman–Crippen MR) is 96.2 cm³/mol. The van der Waals surface area contributed by atoms with Crippen LogP contribution in [0.4, 0.5) is 0 Å². The topological polar surface area (TPSA) is 52.1 Å². The molecule has 0 saturated carbocycles. The van der Waals surface area contributed by atoms with E-state index in [-0.39, 0.29) is 5.41 Å². The van der Waals surface area contributed by atoms with Crippen molar-refractivity contribution in [2.45, 2.75) is 50.7 Å². The van der Waals surface area contributed by atoms with Gasteiger partial charge in [0.15, 0.2) is 0 Å². The van der Waals surface area contributed by atoms with Gasteiger partial charge in [-0.25, -0.2) is 0 Å². The van der Waals surface area contributed by atoms with E-state index >= 15 is 0 Å². The minimum Gasteiger partial charge on any atom is -0.466 e. The van der Waals surface area contributed by atoms with E-state index in [1.807, 2.05) is 19.9 Å². The van der Waals surface area contributed by atoms with Crippen molar-refractivity contribution in [3.8, 4) is 11.5 Å². The maximum absolute atomic E-state index is 5.76.